The van der Waals surface area contributed by atoms with Gasteiger partial charge in [0, 0.05) is 19.1 Å². The number of nitrogens with zero attached hydrogens (tertiary/aromatic N) is 2. The number of morpholine rings is 1. The number of likely N-dealkylation sites (N-methyl/N-ethyl adjacent to an activating group) is 2. The zero-order chi connectivity index (χ0) is 11.3. The van der Waals surface area contributed by atoms with Crippen LogP contribution in [0.15, 0.2) is 0 Å². The summed E-state index contributed by atoms with van der Waals surface area (Å²) < 4.78 is 5.87. The number of hydrogen-bond donors (Lipinski definition) is 0. The van der Waals surface area contributed by atoms with E-state index in [1.807, 2.05) is 0 Å². The predicted molar refractivity (Wildman–Crippen MR) is 64.2 cm³/mol. The van der Waals surface area contributed by atoms with Crippen LogP contribution < -0.4 is 0 Å². The fourth-order valence-electron chi connectivity index (χ4n) is 2.35. The molecule has 2 atom stereocenters. The van der Waals surface area contributed by atoms with Gasteiger partial charge in [-0.1, -0.05) is 20.8 Å². The summed E-state index contributed by atoms with van der Waals surface area (Å²) in [4.78, 5) is 4.96. The van der Waals surface area contributed by atoms with Gasteiger partial charge in [-0.3, -0.25) is 9.80 Å². The van der Waals surface area contributed by atoms with Crippen LogP contribution in [0, 0.1) is 0 Å². The molecule has 0 aromatic carbocycles. The molecule has 0 saturated carbocycles. The molecule has 90 valence electrons. The molecule has 0 aromatic rings. The van der Waals surface area contributed by atoms with E-state index in [1.165, 1.54) is 0 Å². The van der Waals surface area contributed by atoms with Gasteiger partial charge in [0.1, 0.15) is 0 Å². The van der Waals surface area contributed by atoms with E-state index in [2.05, 4.69) is 37.5 Å². The van der Waals surface area contributed by atoms with Crippen molar-refractivity contribution in [1.82, 2.24) is 9.80 Å². The minimum Gasteiger partial charge on any atom is -0.374 e. The molecule has 0 amide bonds. The molecule has 1 aliphatic heterocycles. The third kappa shape index (κ3) is 3.44. The molecule has 0 radical (unpaired) electrons. The third-order valence-electron chi connectivity index (χ3n) is 3.55. The second-order valence-electron chi connectivity index (χ2n) is 4.26. The van der Waals surface area contributed by atoms with Crippen molar-refractivity contribution in [3.05, 3.63) is 0 Å². The Bertz CT molecular complexity index is 171. The van der Waals surface area contributed by atoms with Crippen molar-refractivity contribution in [1.29, 1.82) is 0 Å². The van der Waals surface area contributed by atoms with E-state index in [9.17, 15) is 0 Å². The molecule has 1 aliphatic rings. The van der Waals surface area contributed by atoms with Crippen LogP contribution in [0.4, 0.5) is 0 Å². The van der Waals surface area contributed by atoms with Gasteiger partial charge < -0.3 is 4.74 Å². The lowest BCUT2D eigenvalue weighted by molar-refractivity contribution is -0.0648. The highest BCUT2D eigenvalue weighted by Crippen LogP contribution is 2.13. The first-order chi connectivity index (χ1) is 7.22. The maximum absolute atomic E-state index is 5.87. The molecule has 0 aromatic heterocycles. The first kappa shape index (κ1) is 12.9. The fourth-order valence-corrected chi connectivity index (χ4v) is 2.35. The molecule has 0 spiro atoms. The van der Waals surface area contributed by atoms with Crippen LogP contribution in [0.5, 0.6) is 0 Å². The van der Waals surface area contributed by atoms with Gasteiger partial charge in [-0.2, -0.15) is 0 Å². The van der Waals surface area contributed by atoms with Gasteiger partial charge in [0.25, 0.3) is 0 Å². The summed E-state index contributed by atoms with van der Waals surface area (Å²) >= 11 is 0. The van der Waals surface area contributed by atoms with Gasteiger partial charge >= 0.3 is 0 Å². The van der Waals surface area contributed by atoms with Gasteiger partial charge in [0.15, 0.2) is 0 Å². The van der Waals surface area contributed by atoms with Crippen LogP contribution in [0.1, 0.15) is 27.7 Å². The molecule has 0 aliphatic carbocycles. The Hall–Kier alpha value is -0.120. The van der Waals surface area contributed by atoms with E-state index in [-0.39, 0.29) is 0 Å². The molecule has 0 bridgehead atoms. The highest BCUT2D eigenvalue weighted by Gasteiger charge is 2.27. The number of ether oxygens (including phenoxy) is 1. The molecule has 1 heterocycles. The van der Waals surface area contributed by atoms with Crippen molar-refractivity contribution in [2.45, 2.75) is 39.8 Å². The molecular formula is C12H26N2O. The summed E-state index contributed by atoms with van der Waals surface area (Å²) in [5.41, 5.74) is 0. The molecular weight excluding hydrogens is 188 g/mol. The van der Waals surface area contributed by atoms with Gasteiger partial charge in [-0.25, -0.2) is 0 Å². The lowest BCUT2D eigenvalue weighted by Crippen LogP contribution is -2.52. The van der Waals surface area contributed by atoms with Crippen LogP contribution in [-0.4, -0.2) is 61.3 Å². The Morgan fingerprint density at radius 1 is 1.33 bits per heavy atom. The van der Waals surface area contributed by atoms with Crippen molar-refractivity contribution in [2.75, 3.05) is 39.3 Å². The van der Waals surface area contributed by atoms with Crippen LogP contribution >= 0.6 is 0 Å². The SMILES string of the molecule is CCN1CCOC(C(C)N(CC)CC)C1. The largest absolute Gasteiger partial charge is 0.374 e. The quantitative estimate of drug-likeness (QED) is 0.689. The zero-order valence-electron chi connectivity index (χ0n) is 10.7. The van der Waals surface area contributed by atoms with Gasteiger partial charge in [0.05, 0.1) is 12.7 Å². The Morgan fingerprint density at radius 2 is 2.00 bits per heavy atom. The third-order valence-corrected chi connectivity index (χ3v) is 3.55. The smallest absolute Gasteiger partial charge is 0.0854 e. The summed E-state index contributed by atoms with van der Waals surface area (Å²) in [5.74, 6) is 0. The van der Waals surface area contributed by atoms with Gasteiger partial charge in [-0.15, -0.1) is 0 Å². The average Bonchev–Trinajstić information content (AvgIpc) is 2.30. The Morgan fingerprint density at radius 3 is 2.53 bits per heavy atom. The summed E-state index contributed by atoms with van der Waals surface area (Å²) in [6, 6.07) is 0.536. The highest BCUT2D eigenvalue weighted by atomic mass is 16.5. The maximum atomic E-state index is 5.87. The second-order valence-corrected chi connectivity index (χ2v) is 4.26. The molecule has 0 N–H and O–H groups in total. The Labute approximate surface area is 94.4 Å². The van der Waals surface area contributed by atoms with Crippen molar-refractivity contribution in [3.63, 3.8) is 0 Å². The second kappa shape index (κ2) is 6.46. The zero-order valence-corrected chi connectivity index (χ0v) is 10.7. The van der Waals surface area contributed by atoms with Gasteiger partial charge in [0.2, 0.25) is 0 Å². The molecule has 1 rings (SSSR count). The fraction of sp³-hybridized carbons (Fsp3) is 1.00. The first-order valence-corrected chi connectivity index (χ1v) is 6.30. The van der Waals surface area contributed by atoms with Crippen molar-refractivity contribution in [3.8, 4) is 0 Å². The molecule has 15 heavy (non-hydrogen) atoms. The minimum absolute atomic E-state index is 0.388. The minimum atomic E-state index is 0.388. The lowest BCUT2D eigenvalue weighted by Gasteiger charge is -2.39. The summed E-state index contributed by atoms with van der Waals surface area (Å²) in [6.45, 7) is 15.4. The highest BCUT2D eigenvalue weighted by molar-refractivity contribution is 4.81. The topological polar surface area (TPSA) is 15.7 Å². The molecule has 1 saturated heterocycles. The van der Waals surface area contributed by atoms with Crippen LogP contribution in [0.25, 0.3) is 0 Å². The lowest BCUT2D eigenvalue weighted by atomic mass is 10.1. The maximum Gasteiger partial charge on any atom is 0.0854 e. The Balaban J connectivity index is 2.47. The van der Waals surface area contributed by atoms with Gasteiger partial charge in [-0.05, 0) is 26.6 Å². The molecule has 3 nitrogen and oxygen atoms in total. The van der Waals surface area contributed by atoms with E-state index in [4.69, 9.17) is 4.74 Å². The summed E-state index contributed by atoms with van der Waals surface area (Å²) in [7, 11) is 0. The van der Waals surface area contributed by atoms with E-state index < -0.39 is 0 Å². The van der Waals surface area contributed by atoms with Crippen LogP contribution in [-0.2, 0) is 4.74 Å². The van der Waals surface area contributed by atoms with Crippen LogP contribution in [0.3, 0.4) is 0 Å². The van der Waals surface area contributed by atoms with Crippen molar-refractivity contribution < 1.29 is 4.74 Å². The first-order valence-electron chi connectivity index (χ1n) is 6.30. The summed E-state index contributed by atoms with van der Waals surface area (Å²) in [6.07, 6.45) is 0.388. The van der Waals surface area contributed by atoms with Crippen molar-refractivity contribution in [2.24, 2.45) is 0 Å². The predicted octanol–water partition coefficient (Wildman–Crippen LogP) is 1.44. The summed E-state index contributed by atoms with van der Waals surface area (Å²) in [5, 5.41) is 0. The molecule has 1 fully saturated rings. The molecule has 2 unspecified atom stereocenters. The number of rotatable bonds is 5. The average molecular weight is 214 g/mol. The van der Waals surface area contributed by atoms with E-state index in [0.717, 1.165) is 39.3 Å². The number of hydrogen-bond acceptors (Lipinski definition) is 3. The Kier molecular flexibility index (Phi) is 5.58. The van der Waals surface area contributed by atoms with E-state index in [1.54, 1.807) is 0 Å². The van der Waals surface area contributed by atoms with E-state index >= 15 is 0 Å². The van der Waals surface area contributed by atoms with Crippen LogP contribution in [0.2, 0.25) is 0 Å². The standard InChI is InChI=1S/C12H26N2O/c1-5-13-8-9-15-12(10-13)11(4)14(6-2)7-3/h11-12H,5-10H2,1-4H3. The monoisotopic (exact) mass is 214 g/mol. The normalized spacial score (nSPS) is 25.8. The molecule has 3 heteroatoms. The van der Waals surface area contributed by atoms with E-state index in [0.29, 0.717) is 12.1 Å². The van der Waals surface area contributed by atoms with Crippen molar-refractivity contribution >= 4 is 0 Å².